The molecule has 0 radical (unpaired) electrons. The minimum Gasteiger partial charge on any atom is -0.381 e. The Hall–Kier alpha value is -2.99. The topological polar surface area (TPSA) is 53.1 Å². The Morgan fingerprint density at radius 3 is 2.89 bits per heavy atom. The zero-order valence-corrected chi connectivity index (χ0v) is 16.5. The normalized spacial score (nSPS) is 16.8. The number of para-hydroxylation sites is 1. The van der Waals surface area contributed by atoms with Gasteiger partial charge >= 0.3 is 0 Å². The number of aryl methyl sites for hydroxylation is 1. The van der Waals surface area contributed by atoms with E-state index in [9.17, 15) is 0 Å². The number of benzene rings is 2. The summed E-state index contributed by atoms with van der Waals surface area (Å²) in [4.78, 5) is 9.42. The first-order chi connectivity index (χ1) is 13.7. The van der Waals surface area contributed by atoms with Crippen molar-refractivity contribution in [1.29, 1.82) is 0 Å². The second-order valence-corrected chi connectivity index (χ2v) is 8.14. The molecule has 0 fully saturated rings. The molecule has 0 saturated carbocycles. The molecule has 6 heteroatoms. The molecule has 1 unspecified atom stereocenters. The van der Waals surface area contributed by atoms with Crippen LogP contribution in [0, 0.1) is 6.92 Å². The van der Waals surface area contributed by atoms with Gasteiger partial charge in [-0.25, -0.2) is 15.0 Å². The Labute approximate surface area is 168 Å². The molecule has 0 spiro atoms. The van der Waals surface area contributed by atoms with Gasteiger partial charge in [0, 0.05) is 23.7 Å². The van der Waals surface area contributed by atoms with Crippen molar-refractivity contribution in [1.82, 2.24) is 15.4 Å². The number of hydrogen-bond acceptors (Lipinski definition) is 6. The quantitative estimate of drug-likeness (QED) is 0.530. The van der Waals surface area contributed by atoms with Crippen LogP contribution in [0.3, 0.4) is 0 Å². The minimum atomic E-state index is 0.391. The van der Waals surface area contributed by atoms with Gasteiger partial charge in [-0.15, -0.1) is 0 Å². The first kappa shape index (κ1) is 17.1. The number of anilines is 3. The number of fused-ring (bicyclic) bond motifs is 2. The molecule has 140 valence electrons. The number of hydrazine groups is 1. The molecule has 2 aromatic carbocycles. The number of thioether (sulfide) groups is 1. The van der Waals surface area contributed by atoms with E-state index in [2.05, 4.69) is 59.6 Å². The highest BCUT2D eigenvalue weighted by Gasteiger charge is 2.22. The summed E-state index contributed by atoms with van der Waals surface area (Å²) in [7, 11) is 0. The van der Waals surface area contributed by atoms with Crippen LogP contribution in [-0.2, 0) is 6.42 Å². The van der Waals surface area contributed by atoms with Crippen molar-refractivity contribution in [3.8, 4) is 0 Å². The summed E-state index contributed by atoms with van der Waals surface area (Å²) in [5.74, 6) is 1.76. The highest BCUT2D eigenvalue weighted by atomic mass is 32.2. The average Bonchev–Trinajstić information content (AvgIpc) is 3.30. The zero-order valence-electron chi connectivity index (χ0n) is 15.6. The lowest BCUT2D eigenvalue weighted by Crippen LogP contribution is -2.32. The predicted molar refractivity (Wildman–Crippen MR) is 116 cm³/mol. The van der Waals surface area contributed by atoms with E-state index < -0.39 is 0 Å². The SMILES string of the molecule is C=c1nc(SCC2Cc3cc(C)ccc3N2)nc2c1=CNN2c1ccccc1. The highest BCUT2D eigenvalue weighted by molar-refractivity contribution is 7.99. The third kappa shape index (κ3) is 3.10. The molecule has 3 aromatic rings. The van der Waals surface area contributed by atoms with Gasteiger partial charge in [0.05, 0.1) is 16.3 Å². The Morgan fingerprint density at radius 2 is 2.04 bits per heavy atom. The monoisotopic (exact) mass is 387 g/mol. The molecule has 2 N–H and O–H groups in total. The molecule has 1 aromatic heterocycles. The number of nitrogens with zero attached hydrogens (tertiary/aromatic N) is 3. The van der Waals surface area contributed by atoms with Crippen molar-refractivity contribution < 1.29 is 0 Å². The van der Waals surface area contributed by atoms with E-state index in [1.807, 2.05) is 29.4 Å². The Bertz CT molecular complexity index is 1150. The lowest BCUT2D eigenvalue weighted by Gasteiger charge is -2.19. The minimum absolute atomic E-state index is 0.391. The van der Waals surface area contributed by atoms with Gasteiger partial charge in [0.1, 0.15) is 0 Å². The summed E-state index contributed by atoms with van der Waals surface area (Å²) in [6.07, 6.45) is 2.95. The number of rotatable bonds is 4. The van der Waals surface area contributed by atoms with Gasteiger partial charge in [-0.1, -0.05) is 54.2 Å². The standard InChI is InChI=1S/C22H21N5S/c1-14-8-9-20-16(10-14)11-17(25-20)13-28-22-24-15(2)19-12-23-27(21(19)26-22)18-6-4-3-5-7-18/h3-10,12,17,23,25H,2,11,13H2,1H3. The van der Waals surface area contributed by atoms with Crippen LogP contribution in [0.25, 0.3) is 12.8 Å². The van der Waals surface area contributed by atoms with Gasteiger partial charge in [0.2, 0.25) is 0 Å². The number of nitrogens with one attached hydrogen (secondary N) is 2. The summed E-state index contributed by atoms with van der Waals surface area (Å²) in [5, 5.41) is 8.03. The fraction of sp³-hybridized carbons (Fsp3) is 0.182. The molecule has 2 aliphatic heterocycles. The maximum atomic E-state index is 4.81. The van der Waals surface area contributed by atoms with Crippen LogP contribution < -0.4 is 26.3 Å². The van der Waals surface area contributed by atoms with Crippen molar-refractivity contribution in [2.75, 3.05) is 16.1 Å². The van der Waals surface area contributed by atoms with Crippen LogP contribution in [0.4, 0.5) is 17.2 Å². The molecule has 3 heterocycles. The van der Waals surface area contributed by atoms with Crippen LogP contribution >= 0.6 is 11.8 Å². The van der Waals surface area contributed by atoms with Gasteiger partial charge in [-0.05, 0) is 37.1 Å². The molecular weight excluding hydrogens is 366 g/mol. The van der Waals surface area contributed by atoms with Crippen LogP contribution in [0.2, 0.25) is 0 Å². The highest BCUT2D eigenvalue weighted by Crippen LogP contribution is 2.29. The molecular formula is C22H21N5S. The van der Waals surface area contributed by atoms with Crippen LogP contribution in [0.5, 0.6) is 0 Å². The Morgan fingerprint density at radius 1 is 1.18 bits per heavy atom. The van der Waals surface area contributed by atoms with Crippen LogP contribution in [0.1, 0.15) is 11.1 Å². The maximum Gasteiger partial charge on any atom is 0.190 e. The second-order valence-electron chi connectivity index (χ2n) is 7.15. The van der Waals surface area contributed by atoms with Crippen molar-refractivity contribution in [2.24, 2.45) is 0 Å². The smallest absolute Gasteiger partial charge is 0.190 e. The van der Waals surface area contributed by atoms with Crippen molar-refractivity contribution in [3.63, 3.8) is 0 Å². The lowest BCUT2D eigenvalue weighted by molar-refractivity contribution is 0.839. The van der Waals surface area contributed by atoms with Crippen LogP contribution in [0.15, 0.2) is 53.7 Å². The summed E-state index contributed by atoms with van der Waals surface area (Å²) >= 11 is 1.68. The molecule has 2 aliphatic rings. The third-order valence-electron chi connectivity index (χ3n) is 5.05. The summed E-state index contributed by atoms with van der Waals surface area (Å²) in [6, 6.07) is 17.1. The van der Waals surface area contributed by atoms with Gasteiger partial charge in [0.25, 0.3) is 0 Å². The molecule has 0 amide bonds. The number of hydrogen-bond donors (Lipinski definition) is 2. The van der Waals surface area contributed by atoms with Gasteiger partial charge in [0.15, 0.2) is 11.0 Å². The first-order valence-corrected chi connectivity index (χ1v) is 10.3. The molecule has 28 heavy (non-hydrogen) atoms. The van der Waals surface area contributed by atoms with Gasteiger partial charge in [-0.3, -0.25) is 5.43 Å². The van der Waals surface area contributed by atoms with E-state index in [0.29, 0.717) is 6.04 Å². The van der Waals surface area contributed by atoms with E-state index in [-0.39, 0.29) is 0 Å². The van der Waals surface area contributed by atoms with Gasteiger partial charge in [-0.2, -0.15) is 0 Å². The van der Waals surface area contributed by atoms with Crippen LogP contribution in [-0.4, -0.2) is 21.8 Å². The van der Waals surface area contributed by atoms with Gasteiger partial charge < -0.3 is 5.32 Å². The molecule has 0 aliphatic carbocycles. The molecule has 1 atom stereocenters. The fourth-order valence-corrected chi connectivity index (χ4v) is 4.55. The van der Waals surface area contributed by atoms with Crippen molar-refractivity contribution >= 4 is 41.7 Å². The predicted octanol–water partition coefficient (Wildman–Crippen LogP) is 2.72. The Balaban J connectivity index is 1.34. The first-order valence-electron chi connectivity index (χ1n) is 9.35. The molecule has 0 saturated heterocycles. The third-order valence-corrected chi connectivity index (χ3v) is 6.06. The summed E-state index contributed by atoms with van der Waals surface area (Å²) in [6.45, 7) is 6.26. The van der Waals surface area contributed by atoms with Crippen molar-refractivity contribution in [3.05, 3.63) is 70.2 Å². The molecule has 0 bridgehead atoms. The largest absolute Gasteiger partial charge is 0.381 e. The maximum absolute atomic E-state index is 4.81. The van der Waals surface area contributed by atoms with Crippen molar-refractivity contribution in [2.45, 2.75) is 24.5 Å². The van der Waals surface area contributed by atoms with E-state index in [1.165, 1.54) is 16.8 Å². The number of aromatic nitrogens is 2. The average molecular weight is 388 g/mol. The summed E-state index contributed by atoms with van der Waals surface area (Å²) in [5.41, 5.74) is 8.25. The molecule has 5 nitrogen and oxygen atoms in total. The Kier molecular flexibility index (Phi) is 4.20. The van der Waals surface area contributed by atoms with E-state index in [0.717, 1.165) is 39.4 Å². The molecule has 5 rings (SSSR count). The lowest BCUT2D eigenvalue weighted by atomic mass is 10.1. The van der Waals surface area contributed by atoms with E-state index in [1.54, 1.807) is 11.8 Å². The summed E-state index contributed by atoms with van der Waals surface area (Å²) < 4.78 is 0. The van der Waals surface area contributed by atoms with E-state index in [4.69, 9.17) is 4.98 Å². The van der Waals surface area contributed by atoms with E-state index >= 15 is 0 Å². The second kappa shape index (κ2) is 6.87. The fourth-order valence-electron chi connectivity index (χ4n) is 3.67. The zero-order chi connectivity index (χ0) is 19.1.